The van der Waals surface area contributed by atoms with Gasteiger partial charge >= 0.3 is 6.18 Å². The van der Waals surface area contributed by atoms with Gasteiger partial charge in [0.2, 0.25) is 0 Å². The Bertz CT molecular complexity index is 543. The van der Waals surface area contributed by atoms with Crippen molar-refractivity contribution in [2.24, 2.45) is 5.92 Å². The SMILES string of the molecule is CC(C)C[C@@H](c1c(C(F)(F)F)ccc(Br)c1O)N1CCNCC1. The third-order valence-electron chi connectivity index (χ3n) is 4.09. The van der Waals surface area contributed by atoms with Gasteiger partial charge in [-0.05, 0) is 40.4 Å². The van der Waals surface area contributed by atoms with Crippen LogP contribution in [0.1, 0.15) is 37.4 Å². The fraction of sp³-hybridized carbons (Fsp3) is 0.625. The van der Waals surface area contributed by atoms with Crippen molar-refractivity contribution >= 4 is 15.9 Å². The second-order valence-corrected chi connectivity index (χ2v) is 7.14. The van der Waals surface area contributed by atoms with E-state index in [1.165, 1.54) is 6.07 Å². The fourth-order valence-electron chi connectivity index (χ4n) is 3.06. The minimum atomic E-state index is -4.49. The number of rotatable bonds is 4. The lowest BCUT2D eigenvalue weighted by molar-refractivity contribution is -0.139. The van der Waals surface area contributed by atoms with Crippen LogP contribution in [-0.4, -0.2) is 36.2 Å². The van der Waals surface area contributed by atoms with Crippen LogP contribution in [0, 0.1) is 5.92 Å². The molecule has 0 aromatic heterocycles. The molecule has 3 nitrogen and oxygen atoms in total. The minimum Gasteiger partial charge on any atom is -0.506 e. The Hall–Kier alpha value is -0.790. The average Bonchev–Trinajstić information content (AvgIpc) is 2.47. The highest BCUT2D eigenvalue weighted by Crippen LogP contribution is 2.45. The Morgan fingerprint density at radius 1 is 1.26 bits per heavy atom. The second-order valence-electron chi connectivity index (χ2n) is 6.29. The quantitative estimate of drug-likeness (QED) is 0.804. The molecule has 2 N–H and O–H groups in total. The summed E-state index contributed by atoms with van der Waals surface area (Å²) in [6.45, 7) is 6.78. The van der Waals surface area contributed by atoms with E-state index in [1.54, 1.807) is 0 Å². The first kappa shape index (κ1) is 18.5. The molecule has 23 heavy (non-hydrogen) atoms. The predicted molar refractivity (Wildman–Crippen MR) is 87.4 cm³/mol. The van der Waals surface area contributed by atoms with Crippen LogP contribution in [-0.2, 0) is 6.18 Å². The summed E-state index contributed by atoms with van der Waals surface area (Å²) in [7, 11) is 0. The number of hydrogen-bond donors (Lipinski definition) is 2. The number of hydrogen-bond acceptors (Lipinski definition) is 3. The lowest BCUT2D eigenvalue weighted by Crippen LogP contribution is -2.45. The number of benzene rings is 1. The first-order valence-electron chi connectivity index (χ1n) is 7.75. The molecule has 1 aromatic rings. The molecule has 1 atom stereocenters. The largest absolute Gasteiger partial charge is 0.506 e. The van der Waals surface area contributed by atoms with Crippen molar-refractivity contribution in [1.29, 1.82) is 0 Å². The maximum Gasteiger partial charge on any atom is 0.416 e. The molecule has 0 aliphatic carbocycles. The van der Waals surface area contributed by atoms with Gasteiger partial charge in [0.05, 0.1) is 10.0 Å². The molecule has 1 aliphatic rings. The summed E-state index contributed by atoms with van der Waals surface area (Å²) < 4.78 is 40.7. The third kappa shape index (κ3) is 4.39. The van der Waals surface area contributed by atoms with Crippen molar-refractivity contribution in [1.82, 2.24) is 10.2 Å². The maximum atomic E-state index is 13.5. The first-order chi connectivity index (χ1) is 10.7. The molecule has 1 heterocycles. The van der Waals surface area contributed by atoms with Crippen molar-refractivity contribution in [2.45, 2.75) is 32.5 Å². The molecule has 0 bridgehead atoms. The molecule has 1 fully saturated rings. The molecule has 0 radical (unpaired) electrons. The summed E-state index contributed by atoms with van der Waals surface area (Å²) in [6, 6.07) is 1.85. The Morgan fingerprint density at radius 2 is 1.87 bits per heavy atom. The van der Waals surface area contributed by atoms with E-state index in [0.717, 1.165) is 19.2 Å². The summed E-state index contributed by atoms with van der Waals surface area (Å²) in [5.41, 5.74) is -0.759. The number of phenolic OH excluding ortho intramolecular Hbond substituents is 1. The standard InChI is InChI=1S/C16H22BrF3N2O/c1-10(2)9-13(22-7-5-21-6-8-22)14-11(16(18,19)20)3-4-12(17)15(14)23/h3-4,10,13,21,23H,5-9H2,1-2H3/t13-/m0/s1. The molecule has 2 rings (SSSR count). The van der Waals surface area contributed by atoms with Crippen LogP contribution >= 0.6 is 15.9 Å². The van der Waals surface area contributed by atoms with Crippen LogP contribution in [0.5, 0.6) is 5.75 Å². The van der Waals surface area contributed by atoms with Gasteiger partial charge in [0.15, 0.2) is 0 Å². The molecule has 0 spiro atoms. The van der Waals surface area contributed by atoms with E-state index in [1.807, 2.05) is 18.7 Å². The normalized spacial score (nSPS) is 18.4. The fourth-order valence-corrected chi connectivity index (χ4v) is 3.40. The Balaban J connectivity index is 2.54. The molecule has 130 valence electrons. The summed E-state index contributed by atoms with van der Waals surface area (Å²) >= 11 is 3.16. The Morgan fingerprint density at radius 3 is 2.39 bits per heavy atom. The van der Waals surface area contributed by atoms with E-state index < -0.39 is 17.8 Å². The number of nitrogens with zero attached hydrogens (tertiary/aromatic N) is 1. The highest BCUT2D eigenvalue weighted by molar-refractivity contribution is 9.10. The van der Waals surface area contributed by atoms with E-state index in [2.05, 4.69) is 21.2 Å². The molecule has 1 saturated heterocycles. The van der Waals surface area contributed by atoms with Crippen molar-refractivity contribution in [2.75, 3.05) is 26.2 Å². The summed E-state index contributed by atoms with van der Waals surface area (Å²) in [6.07, 6.45) is -3.93. The molecule has 0 saturated carbocycles. The average molecular weight is 395 g/mol. The van der Waals surface area contributed by atoms with E-state index in [-0.39, 0.29) is 17.2 Å². The van der Waals surface area contributed by atoms with Gasteiger partial charge in [-0.3, -0.25) is 4.90 Å². The van der Waals surface area contributed by atoms with E-state index >= 15 is 0 Å². The van der Waals surface area contributed by atoms with Crippen molar-refractivity contribution in [3.8, 4) is 5.75 Å². The van der Waals surface area contributed by atoms with Crippen LogP contribution in [0.4, 0.5) is 13.2 Å². The van der Waals surface area contributed by atoms with Gasteiger partial charge in [0.1, 0.15) is 5.75 Å². The third-order valence-corrected chi connectivity index (χ3v) is 4.73. The molecule has 1 aliphatic heterocycles. The molecule has 0 unspecified atom stereocenters. The van der Waals surface area contributed by atoms with E-state index in [4.69, 9.17) is 0 Å². The lowest BCUT2D eigenvalue weighted by Gasteiger charge is -2.37. The zero-order valence-corrected chi connectivity index (χ0v) is 14.8. The van der Waals surface area contributed by atoms with Crippen LogP contribution < -0.4 is 5.32 Å². The Kier molecular flexibility index (Phi) is 5.97. The summed E-state index contributed by atoms with van der Waals surface area (Å²) in [4.78, 5) is 2.03. The molecule has 1 aromatic carbocycles. The number of piperazine rings is 1. The first-order valence-corrected chi connectivity index (χ1v) is 8.54. The second kappa shape index (κ2) is 7.40. The van der Waals surface area contributed by atoms with Crippen LogP contribution in [0.2, 0.25) is 0 Å². The van der Waals surface area contributed by atoms with Gasteiger partial charge in [-0.1, -0.05) is 13.8 Å². The smallest absolute Gasteiger partial charge is 0.416 e. The van der Waals surface area contributed by atoms with Gasteiger partial charge in [-0.15, -0.1) is 0 Å². The van der Waals surface area contributed by atoms with Gasteiger partial charge in [0.25, 0.3) is 0 Å². The van der Waals surface area contributed by atoms with Crippen molar-refractivity contribution in [3.05, 3.63) is 27.7 Å². The maximum absolute atomic E-state index is 13.5. The van der Waals surface area contributed by atoms with Crippen LogP contribution in [0.15, 0.2) is 16.6 Å². The summed E-state index contributed by atoms with van der Waals surface area (Å²) in [5, 5.41) is 13.6. The highest BCUT2D eigenvalue weighted by Gasteiger charge is 2.39. The van der Waals surface area contributed by atoms with Gasteiger partial charge in [0, 0.05) is 37.8 Å². The van der Waals surface area contributed by atoms with Crippen molar-refractivity contribution < 1.29 is 18.3 Å². The predicted octanol–water partition coefficient (Wildman–Crippen LogP) is 4.17. The monoisotopic (exact) mass is 394 g/mol. The highest BCUT2D eigenvalue weighted by atomic mass is 79.9. The number of nitrogens with one attached hydrogen (secondary N) is 1. The number of halogens is 4. The molecular formula is C16H22BrF3N2O. The van der Waals surface area contributed by atoms with Gasteiger partial charge in [-0.2, -0.15) is 13.2 Å². The molecular weight excluding hydrogens is 373 g/mol. The summed E-state index contributed by atoms with van der Waals surface area (Å²) in [5.74, 6) is -0.0849. The number of aromatic hydroxyl groups is 1. The van der Waals surface area contributed by atoms with Crippen LogP contribution in [0.25, 0.3) is 0 Å². The van der Waals surface area contributed by atoms with E-state index in [9.17, 15) is 18.3 Å². The van der Waals surface area contributed by atoms with Crippen molar-refractivity contribution in [3.63, 3.8) is 0 Å². The van der Waals surface area contributed by atoms with Gasteiger partial charge < -0.3 is 10.4 Å². The lowest BCUT2D eigenvalue weighted by atomic mass is 9.90. The molecule has 7 heteroatoms. The minimum absolute atomic E-state index is 0.0116. The Labute approximate surface area is 143 Å². The number of phenols is 1. The zero-order valence-electron chi connectivity index (χ0n) is 13.3. The van der Waals surface area contributed by atoms with Gasteiger partial charge in [-0.25, -0.2) is 0 Å². The van der Waals surface area contributed by atoms with E-state index in [0.29, 0.717) is 24.0 Å². The van der Waals surface area contributed by atoms with Crippen LogP contribution in [0.3, 0.4) is 0 Å². The zero-order chi connectivity index (χ0) is 17.2. The molecule has 0 amide bonds. The number of alkyl halides is 3. The topological polar surface area (TPSA) is 35.5 Å².